The monoisotopic (exact) mass is 239 g/mol. The molecule has 0 aliphatic carbocycles. The van der Waals surface area contributed by atoms with Crippen molar-refractivity contribution in [1.82, 2.24) is 0 Å². The van der Waals surface area contributed by atoms with Gasteiger partial charge >= 0.3 is 0 Å². The number of benzene rings is 1. The Hall–Kier alpha value is -0.830. The predicted octanol–water partition coefficient (Wildman–Crippen LogP) is 3.18. The maximum Gasteiger partial charge on any atom is 0.142 e. The molecule has 0 heterocycles. The first-order valence-corrected chi connectivity index (χ1v) is 6.23. The number of anilines is 1. The van der Waals surface area contributed by atoms with Crippen molar-refractivity contribution in [2.45, 2.75) is 19.8 Å². The second-order valence-electron chi connectivity index (χ2n) is 4.23. The van der Waals surface area contributed by atoms with Crippen LogP contribution in [0.25, 0.3) is 0 Å². The first-order chi connectivity index (χ1) is 7.60. The summed E-state index contributed by atoms with van der Waals surface area (Å²) in [4.78, 5) is 2.16. The van der Waals surface area contributed by atoms with E-state index in [1.54, 1.807) is 7.11 Å². The van der Waals surface area contributed by atoms with E-state index in [0.29, 0.717) is 5.92 Å². The Morgan fingerprint density at radius 1 is 1.38 bits per heavy atom. The third-order valence-corrected chi connectivity index (χ3v) is 2.92. The minimum Gasteiger partial charge on any atom is -0.495 e. The highest BCUT2D eigenvalue weighted by atomic mass is 32.1. The maximum atomic E-state index is 5.44. The number of rotatable bonds is 5. The van der Waals surface area contributed by atoms with Crippen LogP contribution in [0.4, 0.5) is 5.69 Å². The summed E-state index contributed by atoms with van der Waals surface area (Å²) < 4.78 is 5.44. The Labute approximate surface area is 104 Å². The Balaban J connectivity index is 3.01. The Kier molecular flexibility index (Phi) is 5.00. The molecule has 0 N–H and O–H groups in total. The molecule has 0 aromatic heterocycles. The number of methoxy groups -OCH3 is 1. The van der Waals surface area contributed by atoms with Crippen molar-refractivity contribution < 1.29 is 4.74 Å². The maximum absolute atomic E-state index is 5.44. The van der Waals surface area contributed by atoms with Crippen LogP contribution in [-0.2, 0) is 0 Å². The van der Waals surface area contributed by atoms with Gasteiger partial charge in [0.1, 0.15) is 5.75 Å². The van der Waals surface area contributed by atoms with Crippen LogP contribution in [0.5, 0.6) is 5.75 Å². The van der Waals surface area contributed by atoms with E-state index >= 15 is 0 Å². The smallest absolute Gasteiger partial charge is 0.142 e. The van der Waals surface area contributed by atoms with Crippen molar-refractivity contribution in [2.24, 2.45) is 0 Å². The van der Waals surface area contributed by atoms with Crippen molar-refractivity contribution in [3.05, 3.63) is 23.8 Å². The molecule has 1 rings (SSSR count). The fourth-order valence-electron chi connectivity index (χ4n) is 1.64. The quantitative estimate of drug-likeness (QED) is 0.792. The van der Waals surface area contributed by atoms with Gasteiger partial charge in [-0.3, -0.25) is 0 Å². The summed E-state index contributed by atoms with van der Waals surface area (Å²) in [6.45, 7) is 5.29. The van der Waals surface area contributed by atoms with Gasteiger partial charge < -0.3 is 9.64 Å². The van der Waals surface area contributed by atoms with Gasteiger partial charge in [-0.2, -0.15) is 12.6 Å². The third kappa shape index (κ3) is 3.08. The van der Waals surface area contributed by atoms with Gasteiger partial charge in [0.05, 0.1) is 12.8 Å². The summed E-state index contributed by atoms with van der Waals surface area (Å²) >= 11 is 4.24. The van der Waals surface area contributed by atoms with Crippen molar-refractivity contribution in [2.75, 3.05) is 31.4 Å². The summed E-state index contributed by atoms with van der Waals surface area (Å²) in [7, 11) is 3.78. The molecule has 0 aliphatic rings. The van der Waals surface area contributed by atoms with E-state index in [1.807, 2.05) is 0 Å². The summed E-state index contributed by atoms with van der Waals surface area (Å²) in [5.74, 6) is 2.31. The number of nitrogens with zero attached hydrogens (tertiary/aromatic N) is 1. The number of hydrogen-bond acceptors (Lipinski definition) is 3. The normalized spacial score (nSPS) is 10.6. The predicted molar refractivity (Wildman–Crippen MR) is 74.2 cm³/mol. The first-order valence-electron chi connectivity index (χ1n) is 5.60. The minimum absolute atomic E-state index is 0.526. The van der Waals surface area contributed by atoms with Gasteiger partial charge in [0, 0.05) is 19.3 Å². The van der Waals surface area contributed by atoms with Gasteiger partial charge in [0.15, 0.2) is 0 Å². The molecule has 1 aromatic carbocycles. The molecule has 0 radical (unpaired) electrons. The highest BCUT2D eigenvalue weighted by Gasteiger charge is 2.09. The summed E-state index contributed by atoms with van der Waals surface area (Å²) in [6.07, 6.45) is 0. The fourth-order valence-corrected chi connectivity index (χ4v) is 1.94. The van der Waals surface area contributed by atoms with E-state index in [4.69, 9.17) is 4.74 Å². The zero-order valence-electron chi connectivity index (χ0n) is 10.5. The molecular formula is C13H21NOS. The third-order valence-electron chi connectivity index (χ3n) is 2.72. The van der Waals surface area contributed by atoms with Gasteiger partial charge in [-0.05, 0) is 23.6 Å². The van der Waals surface area contributed by atoms with E-state index in [-0.39, 0.29) is 0 Å². The van der Waals surface area contributed by atoms with Gasteiger partial charge in [-0.1, -0.05) is 19.9 Å². The van der Waals surface area contributed by atoms with Gasteiger partial charge in [0.25, 0.3) is 0 Å². The molecular weight excluding hydrogens is 218 g/mol. The van der Waals surface area contributed by atoms with Crippen LogP contribution in [-0.4, -0.2) is 26.5 Å². The van der Waals surface area contributed by atoms with E-state index in [9.17, 15) is 0 Å². The van der Waals surface area contributed by atoms with Crippen LogP contribution in [0.3, 0.4) is 0 Å². The molecule has 90 valence electrons. The molecule has 16 heavy (non-hydrogen) atoms. The molecule has 3 heteroatoms. The lowest BCUT2D eigenvalue weighted by Crippen LogP contribution is -2.20. The van der Waals surface area contributed by atoms with E-state index in [1.165, 1.54) is 5.56 Å². The van der Waals surface area contributed by atoms with E-state index in [0.717, 1.165) is 23.7 Å². The molecule has 0 amide bonds. The van der Waals surface area contributed by atoms with Crippen LogP contribution in [0.1, 0.15) is 25.3 Å². The average molecular weight is 239 g/mol. The largest absolute Gasteiger partial charge is 0.495 e. The van der Waals surface area contributed by atoms with Crippen molar-refractivity contribution >= 4 is 18.3 Å². The highest BCUT2D eigenvalue weighted by molar-refractivity contribution is 7.80. The van der Waals surface area contributed by atoms with Crippen LogP contribution in [0.15, 0.2) is 18.2 Å². The van der Waals surface area contributed by atoms with Gasteiger partial charge in [-0.25, -0.2) is 0 Å². The Bertz CT molecular complexity index is 339. The van der Waals surface area contributed by atoms with Crippen molar-refractivity contribution in [3.8, 4) is 5.75 Å². The van der Waals surface area contributed by atoms with Crippen LogP contribution in [0, 0.1) is 0 Å². The fraction of sp³-hybridized carbons (Fsp3) is 0.538. The zero-order chi connectivity index (χ0) is 12.1. The molecule has 0 spiro atoms. The highest BCUT2D eigenvalue weighted by Crippen LogP contribution is 2.30. The van der Waals surface area contributed by atoms with Crippen LogP contribution < -0.4 is 9.64 Å². The van der Waals surface area contributed by atoms with Crippen molar-refractivity contribution in [1.29, 1.82) is 0 Å². The molecule has 0 bridgehead atoms. The molecule has 0 saturated heterocycles. The number of ether oxygens (including phenoxy) is 1. The topological polar surface area (TPSA) is 12.5 Å². The molecule has 0 aliphatic heterocycles. The average Bonchev–Trinajstić information content (AvgIpc) is 2.28. The van der Waals surface area contributed by atoms with Gasteiger partial charge in [0.2, 0.25) is 0 Å². The molecule has 0 unspecified atom stereocenters. The molecule has 2 nitrogen and oxygen atoms in total. The molecule has 1 aromatic rings. The van der Waals surface area contributed by atoms with E-state index < -0.39 is 0 Å². The summed E-state index contributed by atoms with van der Waals surface area (Å²) in [6, 6.07) is 6.41. The number of hydrogen-bond donors (Lipinski definition) is 1. The second kappa shape index (κ2) is 6.04. The Morgan fingerprint density at radius 2 is 2.06 bits per heavy atom. The molecule has 0 atom stereocenters. The second-order valence-corrected chi connectivity index (χ2v) is 4.68. The first kappa shape index (κ1) is 13.2. The lowest BCUT2D eigenvalue weighted by molar-refractivity contribution is 0.414. The molecule has 0 saturated carbocycles. The summed E-state index contributed by atoms with van der Waals surface area (Å²) in [5, 5.41) is 0. The lowest BCUT2D eigenvalue weighted by Gasteiger charge is -2.22. The summed E-state index contributed by atoms with van der Waals surface area (Å²) in [5.41, 5.74) is 2.43. The minimum atomic E-state index is 0.526. The van der Waals surface area contributed by atoms with Crippen molar-refractivity contribution in [3.63, 3.8) is 0 Å². The standard InChI is InChI=1S/C13H21NOS/c1-10(2)11-5-6-12(13(9-11)15-4)14(3)7-8-16/h5-6,9-10,16H,7-8H2,1-4H3. The SMILES string of the molecule is COc1cc(C(C)C)ccc1N(C)CCS. The number of thiol groups is 1. The van der Waals surface area contributed by atoms with Crippen LogP contribution in [0.2, 0.25) is 0 Å². The zero-order valence-corrected chi connectivity index (χ0v) is 11.4. The lowest BCUT2D eigenvalue weighted by atomic mass is 10.0. The van der Waals surface area contributed by atoms with Crippen LogP contribution >= 0.6 is 12.6 Å². The Morgan fingerprint density at radius 3 is 2.56 bits per heavy atom. The molecule has 0 fully saturated rings. The van der Waals surface area contributed by atoms with E-state index in [2.05, 4.69) is 56.6 Å². The van der Waals surface area contributed by atoms with Gasteiger partial charge in [-0.15, -0.1) is 0 Å².